The first-order valence-corrected chi connectivity index (χ1v) is 10.7. The Morgan fingerprint density at radius 2 is 1.97 bits per heavy atom. The van der Waals surface area contributed by atoms with E-state index in [1.165, 1.54) is 4.90 Å². The minimum atomic E-state index is 0.610. The Morgan fingerprint density at radius 1 is 1.13 bits per heavy atom. The van der Waals surface area contributed by atoms with Gasteiger partial charge in [-0.15, -0.1) is 0 Å². The lowest BCUT2D eigenvalue weighted by Gasteiger charge is -2.19. The molecule has 3 aromatic carbocycles. The third-order valence-corrected chi connectivity index (χ3v) is 5.70. The topological polar surface area (TPSA) is 62.4 Å². The molecule has 1 fully saturated rings. The van der Waals surface area contributed by atoms with Crippen LogP contribution in [0.15, 0.2) is 53.5 Å². The molecule has 2 aliphatic heterocycles. The highest BCUT2D eigenvalue weighted by atomic mass is 16.5. The first-order chi connectivity index (χ1) is 15.1. The summed E-state index contributed by atoms with van der Waals surface area (Å²) in [7, 11) is 4.16. The molecule has 158 valence electrons. The van der Waals surface area contributed by atoms with Crippen molar-refractivity contribution in [2.75, 3.05) is 40.5 Å². The molecule has 2 heterocycles. The summed E-state index contributed by atoms with van der Waals surface area (Å²) in [5.41, 5.74) is 2.36. The number of hydrogen-bond acceptors (Lipinski definition) is 5. The van der Waals surface area contributed by atoms with Gasteiger partial charge in [-0.3, -0.25) is 4.90 Å². The lowest BCUT2D eigenvalue weighted by Crippen LogP contribution is -3.00. The predicted octanol–water partition coefficient (Wildman–Crippen LogP) is 1.83. The van der Waals surface area contributed by atoms with Gasteiger partial charge in [-0.05, 0) is 29.7 Å². The zero-order valence-corrected chi connectivity index (χ0v) is 17.9. The molecule has 0 aliphatic carbocycles. The van der Waals surface area contributed by atoms with E-state index in [2.05, 4.69) is 43.4 Å². The van der Waals surface area contributed by atoms with E-state index < -0.39 is 0 Å². The van der Waals surface area contributed by atoms with E-state index in [4.69, 9.17) is 19.9 Å². The van der Waals surface area contributed by atoms with Crippen LogP contribution in [0.5, 0.6) is 11.5 Å². The largest absolute Gasteiger partial charge is 0.453 e. The molecule has 0 atom stereocenters. The van der Waals surface area contributed by atoms with Crippen LogP contribution in [0.3, 0.4) is 0 Å². The number of hydrogen-bond donors (Lipinski definition) is 2. The Hall–Kier alpha value is -3.06. The monoisotopic (exact) mass is 415 g/mol. The van der Waals surface area contributed by atoms with Crippen LogP contribution in [0.2, 0.25) is 0 Å². The second kappa shape index (κ2) is 8.23. The Balaban J connectivity index is 1.56. The SMILES string of the molecule is C[NH+](C)C=c1ccc2c(c1)Oc1cc(C(=N)CCN3CCOC3)c3ccccc3c1N=2. The van der Waals surface area contributed by atoms with E-state index in [1.807, 2.05) is 30.3 Å². The molecule has 2 N–H and O–H groups in total. The fourth-order valence-electron chi connectivity index (χ4n) is 4.18. The van der Waals surface area contributed by atoms with E-state index in [0.29, 0.717) is 24.6 Å². The minimum Gasteiger partial charge on any atom is -0.453 e. The minimum absolute atomic E-state index is 0.610. The van der Waals surface area contributed by atoms with Crippen LogP contribution in [0.1, 0.15) is 12.0 Å². The summed E-state index contributed by atoms with van der Waals surface area (Å²) in [6, 6.07) is 16.3. The fourth-order valence-corrected chi connectivity index (χ4v) is 4.18. The first kappa shape index (κ1) is 19.9. The van der Waals surface area contributed by atoms with Gasteiger partial charge in [-0.25, -0.2) is 4.99 Å². The van der Waals surface area contributed by atoms with Gasteiger partial charge in [0.15, 0.2) is 11.5 Å². The maximum atomic E-state index is 8.79. The number of nitrogens with one attached hydrogen (secondary N) is 2. The number of fused-ring (bicyclic) bond motifs is 4. The zero-order valence-electron chi connectivity index (χ0n) is 17.9. The van der Waals surface area contributed by atoms with Crippen LogP contribution >= 0.6 is 0 Å². The molecule has 6 heteroatoms. The Labute approximate surface area is 181 Å². The highest BCUT2D eigenvalue weighted by molar-refractivity contribution is 6.13. The van der Waals surface area contributed by atoms with Crippen molar-refractivity contribution in [1.29, 1.82) is 5.41 Å². The molecule has 0 amide bonds. The van der Waals surface area contributed by atoms with Gasteiger partial charge < -0.3 is 19.8 Å². The average molecular weight is 416 g/mol. The Morgan fingerprint density at radius 3 is 2.74 bits per heavy atom. The maximum Gasteiger partial charge on any atom is 0.154 e. The molecule has 0 bridgehead atoms. The van der Waals surface area contributed by atoms with Crippen molar-refractivity contribution in [3.05, 3.63) is 64.7 Å². The van der Waals surface area contributed by atoms with Crippen molar-refractivity contribution in [3.8, 4) is 11.5 Å². The van der Waals surface area contributed by atoms with Gasteiger partial charge in [0.2, 0.25) is 0 Å². The van der Waals surface area contributed by atoms with Gasteiger partial charge in [0.05, 0.1) is 27.4 Å². The van der Waals surface area contributed by atoms with Gasteiger partial charge in [0.25, 0.3) is 0 Å². The molecule has 0 radical (unpaired) electrons. The van der Waals surface area contributed by atoms with Crippen molar-refractivity contribution >= 4 is 28.4 Å². The summed E-state index contributed by atoms with van der Waals surface area (Å²) in [5, 5.41) is 12.8. The molecular formula is C25H27N4O2+. The number of ether oxygens (including phenoxy) is 2. The number of nitrogens with zero attached hydrogens (tertiary/aromatic N) is 2. The molecule has 0 unspecified atom stereocenters. The number of rotatable bonds is 5. The number of benzene rings is 3. The summed E-state index contributed by atoms with van der Waals surface area (Å²) in [6.07, 6.45) is 2.80. The van der Waals surface area contributed by atoms with Crippen LogP contribution < -0.4 is 20.2 Å². The van der Waals surface area contributed by atoms with E-state index in [9.17, 15) is 0 Å². The van der Waals surface area contributed by atoms with E-state index in [-0.39, 0.29) is 0 Å². The van der Waals surface area contributed by atoms with Gasteiger partial charge in [0.1, 0.15) is 17.2 Å². The highest BCUT2D eigenvalue weighted by Gasteiger charge is 2.20. The van der Waals surface area contributed by atoms with Gasteiger partial charge in [-0.1, -0.05) is 24.3 Å². The van der Waals surface area contributed by atoms with Gasteiger partial charge in [-0.2, -0.15) is 0 Å². The van der Waals surface area contributed by atoms with Crippen molar-refractivity contribution in [3.63, 3.8) is 0 Å². The quantitative estimate of drug-likeness (QED) is 0.489. The smallest absolute Gasteiger partial charge is 0.154 e. The summed E-state index contributed by atoms with van der Waals surface area (Å²) >= 11 is 0. The summed E-state index contributed by atoms with van der Waals surface area (Å²) in [5.74, 6) is 1.47. The van der Waals surface area contributed by atoms with Crippen LogP contribution in [-0.2, 0) is 4.74 Å². The fraction of sp³-hybridized carbons (Fsp3) is 0.280. The van der Waals surface area contributed by atoms with Crippen LogP contribution in [0, 0.1) is 5.41 Å². The highest BCUT2D eigenvalue weighted by Crippen LogP contribution is 2.41. The van der Waals surface area contributed by atoms with Crippen molar-refractivity contribution < 1.29 is 14.4 Å². The standard InChI is InChI=1S/C25H26N4O2/c1-28(2)15-17-7-8-22-23(13-17)31-24-14-20(21(26)9-10-29-11-12-30-16-29)18-5-3-4-6-19(18)25(24)27-22/h3-8,13-15,26H,9-12,16H2,1-2H3/p+1. The second-order valence-electron chi connectivity index (χ2n) is 8.36. The number of quaternary nitrogens is 1. The molecule has 6 nitrogen and oxygen atoms in total. The van der Waals surface area contributed by atoms with Gasteiger partial charge >= 0.3 is 0 Å². The molecular weight excluding hydrogens is 388 g/mol. The summed E-state index contributed by atoms with van der Waals surface area (Å²) < 4.78 is 11.8. The molecule has 0 aromatic heterocycles. The molecule has 0 spiro atoms. The third-order valence-electron chi connectivity index (χ3n) is 5.70. The van der Waals surface area contributed by atoms with Crippen LogP contribution in [0.25, 0.3) is 17.0 Å². The van der Waals surface area contributed by atoms with Crippen molar-refractivity contribution in [2.24, 2.45) is 4.99 Å². The maximum absolute atomic E-state index is 8.79. The molecule has 5 rings (SSSR count). The van der Waals surface area contributed by atoms with E-state index >= 15 is 0 Å². The Kier molecular flexibility index (Phi) is 5.28. The summed E-state index contributed by atoms with van der Waals surface area (Å²) in [6.45, 7) is 3.19. The lowest BCUT2D eigenvalue weighted by molar-refractivity contribution is -0.770. The molecule has 0 saturated carbocycles. The van der Waals surface area contributed by atoms with Crippen LogP contribution in [0.4, 0.5) is 5.69 Å². The third kappa shape index (κ3) is 3.97. The molecule has 3 aromatic rings. The first-order valence-electron chi connectivity index (χ1n) is 10.7. The molecule has 31 heavy (non-hydrogen) atoms. The zero-order chi connectivity index (χ0) is 21.4. The van der Waals surface area contributed by atoms with E-state index in [0.717, 1.165) is 58.0 Å². The van der Waals surface area contributed by atoms with E-state index in [1.54, 1.807) is 0 Å². The Bertz CT molecular complexity index is 1280. The summed E-state index contributed by atoms with van der Waals surface area (Å²) in [4.78, 5) is 8.40. The second-order valence-corrected chi connectivity index (χ2v) is 8.36. The van der Waals surface area contributed by atoms with Gasteiger partial charge in [0, 0.05) is 41.4 Å². The predicted molar refractivity (Wildman–Crippen MR) is 122 cm³/mol. The van der Waals surface area contributed by atoms with Crippen LogP contribution in [-0.4, -0.2) is 51.1 Å². The van der Waals surface area contributed by atoms with Crippen molar-refractivity contribution in [2.45, 2.75) is 6.42 Å². The normalized spacial score (nSPS) is 16.2. The lowest BCUT2D eigenvalue weighted by atomic mass is 9.97. The average Bonchev–Trinajstić information content (AvgIpc) is 3.29. The van der Waals surface area contributed by atoms with Crippen molar-refractivity contribution in [1.82, 2.24) is 4.90 Å². The molecule has 2 aliphatic rings. The molecule has 1 saturated heterocycles.